The van der Waals surface area contributed by atoms with Crippen molar-refractivity contribution >= 4 is 52.5 Å². The SMILES string of the molecule is O=C1CCC(N2C(=O)c3ccc(N4CC(N5Cc6cnn(C7(C(=O)Nc8ccc(C(F)(F)F)cc8Cl)CCC7)c6C5)C4)cc3C2=O)C(=O)N1. The van der Waals surface area contributed by atoms with Gasteiger partial charge in [0.15, 0.2) is 0 Å². The number of piperidine rings is 1. The number of benzene rings is 2. The third-order valence-electron chi connectivity index (χ3n) is 10.4. The van der Waals surface area contributed by atoms with Gasteiger partial charge in [0.1, 0.15) is 11.6 Å². The number of carbonyl (C=O) groups excluding carboxylic acids is 5. The number of amides is 5. The fraction of sp³-hybridized carbons (Fsp3) is 0.394. The van der Waals surface area contributed by atoms with Crippen LogP contribution >= 0.6 is 11.6 Å². The molecule has 0 bridgehead atoms. The Morgan fingerprint density at radius 1 is 1.00 bits per heavy atom. The fourth-order valence-corrected chi connectivity index (χ4v) is 7.66. The highest BCUT2D eigenvalue weighted by Gasteiger charge is 2.50. The van der Waals surface area contributed by atoms with Crippen molar-refractivity contribution in [1.82, 2.24) is 24.9 Å². The highest BCUT2D eigenvalue weighted by Crippen LogP contribution is 2.44. The number of hydrogen-bond donors (Lipinski definition) is 2. The van der Waals surface area contributed by atoms with Crippen molar-refractivity contribution in [3.63, 3.8) is 0 Å². The third-order valence-corrected chi connectivity index (χ3v) is 10.7. The normalized spacial score (nSPS) is 22.1. The molecular weight excluding hydrogens is 667 g/mol. The molecule has 1 unspecified atom stereocenters. The summed E-state index contributed by atoms with van der Waals surface area (Å²) < 4.78 is 41.1. The number of carbonyl (C=O) groups is 5. The lowest BCUT2D eigenvalue weighted by Crippen LogP contribution is -2.58. The molecular formula is C33H29ClF3N7O5. The van der Waals surface area contributed by atoms with E-state index in [-0.39, 0.29) is 46.6 Å². The molecule has 1 aliphatic carbocycles. The molecule has 2 saturated heterocycles. The molecule has 1 aromatic heterocycles. The predicted molar refractivity (Wildman–Crippen MR) is 167 cm³/mol. The fourth-order valence-electron chi connectivity index (χ4n) is 7.43. The first-order chi connectivity index (χ1) is 23.3. The summed E-state index contributed by atoms with van der Waals surface area (Å²) in [5, 5.41) is 9.33. The molecule has 254 valence electrons. The molecule has 1 saturated carbocycles. The molecule has 49 heavy (non-hydrogen) atoms. The predicted octanol–water partition coefficient (Wildman–Crippen LogP) is 3.68. The zero-order valence-corrected chi connectivity index (χ0v) is 26.6. The van der Waals surface area contributed by atoms with E-state index in [4.69, 9.17) is 11.6 Å². The average molecular weight is 696 g/mol. The number of imide groups is 2. The van der Waals surface area contributed by atoms with Gasteiger partial charge in [0, 0.05) is 49.9 Å². The van der Waals surface area contributed by atoms with Crippen LogP contribution in [0.4, 0.5) is 24.5 Å². The van der Waals surface area contributed by atoms with E-state index in [0.717, 1.165) is 46.5 Å². The summed E-state index contributed by atoms with van der Waals surface area (Å²) in [6.45, 7) is 2.51. The van der Waals surface area contributed by atoms with Crippen molar-refractivity contribution in [3.05, 3.63) is 75.6 Å². The monoisotopic (exact) mass is 695 g/mol. The first-order valence-electron chi connectivity index (χ1n) is 15.9. The van der Waals surface area contributed by atoms with E-state index >= 15 is 0 Å². The smallest absolute Gasteiger partial charge is 0.368 e. The van der Waals surface area contributed by atoms with Crippen LogP contribution in [0.1, 0.15) is 69.6 Å². The van der Waals surface area contributed by atoms with Gasteiger partial charge in [0.2, 0.25) is 11.8 Å². The Labute approximate surface area is 282 Å². The van der Waals surface area contributed by atoms with Gasteiger partial charge in [0.25, 0.3) is 17.7 Å². The van der Waals surface area contributed by atoms with Crippen molar-refractivity contribution < 1.29 is 37.1 Å². The maximum absolute atomic E-state index is 13.6. The maximum atomic E-state index is 13.6. The number of hydrogen-bond acceptors (Lipinski definition) is 8. The minimum absolute atomic E-state index is 0.0500. The summed E-state index contributed by atoms with van der Waals surface area (Å²) >= 11 is 6.13. The van der Waals surface area contributed by atoms with Gasteiger partial charge in [-0.2, -0.15) is 18.3 Å². The molecule has 8 rings (SSSR count). The number of halogens is 4. The molecule has 0 spiro atoms. The molecule has 3 aromatic rings. The van der Waals surface area contributed by atoms with Gasteiger partial charge in [-0.15, -0.1) is 0 Å². The number of anilines is 2. The van der Waals surface area contributed by atoms with Gasteiger partial charge in [-0.05, 0) is 62.1 Å². The number of aromatic nitrogens is 2. The highest BCUT2D eigenvalue weighted by molar-refractivity contribution is 6.33. The van der Waals surface area contributed by atoms with Gasteiger partial charge in [-0.1, -0.05) is 11.6 Å². The Morgan fingerprint density at radius 3 is 2.43 bits per heavy atom. The summed E-state index contributed by atoms with van der Waals surface area (Å²) in [6, 6.07) is 7.05. The minimum Gasteiger partial charge on any atom is -0.368 e. The summed E-state index contributed by atoms with van der Waals surface area (Å²) in [6.07, 6.45) is -0.791. The maximum Gasteiger partial charge on any atom is 0.416 e. The van der Waals surface area contributed by atoms with Crippen LogP contribution in [0.25, 0.3) is 0 Å². The molecule has 12 nitrogen and oxygen atoms in total. The van der Waals surface area contributed by atoms with Crippen LogP contribution in [0.5, 0.6) is 0 Å². The van der Waals surface area contributed by atoms with Crippen molar-refractivity contribution in [1.29, 1.82) is 0 Å². The third kappa shape index (κ3) is 5.00. The summed E-state index contributed by atoms with van der Waals surface area (Å²) in [7, 11) is 0. The molecule has 5 aliphatic rings. The van der Waals surface area contributed by atoms with E-state index < -0.39 is 46.9 Å². The van der Waals surface area contributed by atoms with Gasteiger partial charge in [-0.25, -0.2) is 0 Å². The Kier molecular flexibility index (Phi) is 7.16. The van der Waals surface area contributed by atoms with Crippen molar-refractivity contribution in [2.75, 3.05) is 23.3 Å². The van der Waals surface area contributed by atoms with Gasteiger partial charge in [-0.3, -0.25) is 43.8 Å². The lowest BCUT2D eigenvalue weighted by Gasteiger charge is -2.46. The largest absolute Gasteiger partial charge is 0.416 e. The van der Waals surface area contributed by atoms with Gasteiger partial charge >= 0.3 is 6.18 Å². The number of nitrogens with one attached hydrogen (secondary N) is 2. The van der Waals surface area contributed by atoms with Crippen molar-refractivity contribution in [3.8, 4) is 0 Å². The molecule has 4 aliphatic heterocycles. The molecule has 0 radical (unpaired) electrons. The molecule has 5 heterocycles. The standard InChI is InChI=1S/C33H29ClF3N7O5/c34-23-10-18(33(35,36)37)2-5-24(23)39-31(49)32(8-1-9-32)44-26-16-41(13-17(26)12-38-44)20-14-42(15-20)19-3-4-21-22(11-19)30(48)43(29(21)47)25-6-7-27(45)40-28(25)46/h2-5,10-12,20,25H,1,6-9,13-16H2,(H,39,49)(H,40,45,46). The van der Waals surface area contributed by atoms with Crippen LogP contribution in [0.3, 0.4) is 0 Å². The van der Waals surface area contributed by atoms with Crippen LogP contribution < -0.4 is 15.5 Å². The number of rotatable bonds is 6. The molecule has 2 aromatic carbocycles. The lowest BCUT2D eigenvalue weighted by atomic mass is 9.75. The molecule has 2 N–H and O–H groups in total. The van der Waals surface area contributed by atoms with E-state index in [1.807, 2.05) is 0 Å². The van der Waals surface area contributed by atoms with E-state index in [2.05, 4.69) is 25.5 Å². The number of fused-ring (bicyclic) bond motifs is 2. The number of nitrogens with zero attached hydrogens (tertiary/aromatic N) is 5. The quantitative estimate of drug-likeness (QED) is 0.373. The molecule has 3 fully saturated rings. The number of alkyl halides is 3. The van der Waals surface area contributed by atoms with Crippen LogP contribution in [-0.2, 0) is 39.2 Å². The van der Waals surface area contributed by atoms with Crippen molar-refractivity contribution in [2.45, 2.75) is 69.0 Å². The zero-order valence-electron chi connectivity index (χ0n) is 25.8. The van der Waals surface area contributed by atoms with E-state index in [1.54, 1.807) is 29.1 Å². The van der Waals surface area contributed by atoms with E-state index in [0.29, 0.717) is 39.0 Å². The highest BCUT2D eigenvalue weighted by atomic mass is 35.5. The molecule has 16 heteroatoms. The van der Waals surface area contributed by atoms with E-state index in [9.17, 15) is 37.1 Å². The second kappa shape index (κ2) is 11.1. The summed E-state index contributed by atoms with van der Waals surface area (Å²) in [5.74, 6) is -2.56. The molecule has 1 atom stereocenters. The van der Waals surface area contributed by atoms with Crippen molar-refractivity contribution in [2.24, 2.45) is 0 Å². The van der Waals surface area contributed by atoms with Gasteiger partial charge in [0.05, 0.1) is 39.3 Å². The molecule has 5 amide bonds. The van der Waals surface area contributed by atoms with Crippen LogP contribution in [-0.4, -0.2) is 74.3 Å². The van der Waals surface area contributed by atoms with Crippen LogP contribution in [0, 0.1) is 0 Å². The summed E-state index contributed by atoms with van der Waals surface area (Å²) in [4.78, 5) is 69.3. The second-order valence-electron chi connectivity index (χ2n) is 13.2. The first-order valence-corrected chi connectivity index (χ1v) is 16.3. The lowest BCUT2D eigenvalue weighted by molar-refractivity contribution is -0.138. The second-order valence-corrected chi connectivity index (χ2v) is 13.6. The Morgan fingerprint density at radius 2 is 1.76 bits per heavy atom. The zero-order chi connectivity index (χ0) is 34.4. The minimum atomic E-state index is -4.55. The van der Waals surface area contributed by atoms with Gasteiger partial charge < -0.3 is 10.2 Å². The summed E-state index contributed by atoms with van der Waals surface area (Å²) in [5.41, 5.74) is 1.38. The topological polar surface area (TPSA) is 137 Å². The van der Waals surface area contributed by atoms with E-state index in [1.165, 1.54) is 0 Å². The van der Waals surface area contributed by atoms with Crippen LogP contribution in [0.15, 0.2) is 42.6 Å². The first kappa shape index (κ1) is 31.5. The Balaban J connectivity index is 0.928. The Hall–Kier alpha value is -4.76. The van der Waals surface area contributed by atoms with Crippen LogP contribution in [0.2, 0.25) is 5.02 Å². The average Bonchev–Trinajstić information content (AvgIpc) is 3.65. The Bertz CT molecular complexity index is 1970.